The normalized spacial score (nSPS) is 15.1. The van der Waals surface area contributed by atoms with Gasteiger partial charge in [0.2, 0.25) is 5.90 Å². The Labute approximate surface area is 164 Å². The number of hydrogen-bond acceptors (Lipinski definition) is 6. The zero-order valence-corrected chi connectivity index (χ0v) is 16.1. The first kappa shape index (κ1) is 17.6. The number of carbonyl (C=O) groups excluding carboxylic acids is 1. The Kier molecular flexibility index (Phi) is 4.59. The Hall–Kier alpha value is -2.83. The summed E-state index contributed by atoms with van der Waals surface area (Å²) in [5.41, 5.74) is 0.875. The van der Waals surface area contributed by atoms with E-state index in [0.717, 1.165) is 10.1 Å². The molecule has 0 spiro atoms. The summed E-state index contributed by atoms with van der Waals surface area (Å²) in [6, 6.07) is 13.0. The minimum absolute atomic E-state index is 0.182. The molecular weight excluding hydrogens is 386 g/mol. The van der Waals surface area contributed by atoms with E-state index in [2.05, 4.69) is 4.99 Å². The minimum Gasteiger partial charge on any atom is -0.497 e. The number of nitrogens with zero attached hydrogens (tertiary/aromatic N) is 1. The molecule has 1 aliphatic rings. The number of esters is 1. The van der Waals surface area contributed by atoms with E-state index in [1.54, 1.807) is 38.5 Å². The maximum absolute atomic E-state index is 12.3. The SMILES string of the molecule is COc1ccc(/C=C2/N=C(c3sc4ccccc4c3Cl)OC2=O)c(OC)c1. The highest BCUT2D eigenvalue weighted by Gasteiger charge is 2.28. The zero-order chi connectivity index (χ0) is 19.0. The summed E-state index contributed by atoms with van der Waals surface area (Å²) in [6.07, 6.45) is 1.62. The van der Waals surface area contributed by atoms with Crippen molar-refractivity contribution in [1.29, 1.82) is 0 Å². The van der Waals surface area contributed by atoms with Crippen LogP contribution in [0, 0.1) is 0 Å². The molecule has 136 valence electrons. The van der Waals surface area contributed by atoms with Crippen molar-refractivity contribution in [2.45, 2.75) is 0 Å². The van der Waals surface area contributed by atoms with E-state index in [9.17, 15) is 4.79 Å². The molecule has 2 heterocycles. The van der Waals surface area contributed by atoms with Gasteiger partial charge in [0.05, 0.1) is 19.2 Å². The maximum atomic E-state index is 12.3. The average molecular weight is 400 g/mol. The quantitative estimate of drug-likeness (QED) is 0.461. The summed E-state index contributed by atoms with van der Waals surface area (Å²) >= 11 is 7.89. The molecule has 0 aliphatic carbocycles. The highest BCUT2D eigenvalue weighted by atomic mass is 35.5. The summed E-state index contributed by atoms with van der Waals surface area (Å²) < 4.78 is 16.9. The summed E-state index contributed by atoms with van der Waals surface area (Å²) in [5, 5.41) is 1.44. The summed E-state index contributed by atoms with van der Waals surface area (Å²) in [5.74, 6) is 0.906. The largest absolute Gasteiger partial charge is 0.497 e. The van der Waals surface area contributed by atoms with E-state index in [1.807, 2.05) is 24.3 Å². The first-order chi connectivity index (χ1) is 13.1. The fourth-order valence-corrected chi connectivity index (χ4v) is 4.18. The molecule has 0 amide bonds. The van der Waals surface area contributed by atoms with Crippen LogP contribution in [-0.4, -0.2) is 26.1 Å². The topological polar surface area (TPSA) is 57.1 Å². The number of hydrogen-bond donors (Lipinski definition) is 0. The van der Waals surface area contributed by atoms with Crippen molar-refractivity contribution < 1.29 is 19.0 Å². The van der Waals surface area contributed by atoms with Crippen LogP contribution in [0.25, 0.3) is 16.2 Å². The number of thiophene rings is 1. The zero-order valence-electron chi connectivity index (χ0n) is 14.5. The van der Waals surface area contributed by atoms with E-state index in [1.165, 1.54) is 11.3 Å². The molecule has 27 heavy (non-hydrogen) atoms. The Morgan fingerprint density at radius 2 is 1.96 bits per heavy atom. The number of ether oxygens (including phenoxy) is 3. The first-order valence-electron chi connectivity index (χ1n) is 8.02. The number of carbonyl (C=O) groups is 1. The lowest BCUT2D eigenvalue weighted by atomic mass is 10.1. The summed E-state index contributed by atoms with van der Waals surface area (Å²) in [7, 11) is 3.13. The number of fused-ring (bicyclic) bond motifs is 1. The molecule has 2 aromatic carbocycles. The second kappa shape index (κ2) is 7.06. The molecule has 0 atom stereocenters. The van der Waals surface area contributed by atoms with Gasteiger partial charge < -0.3 is 14.2 Å². The third kappa shape index (κ3) is 3.18. The molecule has 0 bridgehead atoms. The first-order valence-corrected chi connectivity index (χ1v) is 9.22. The standard InChI is InChI=1S/C20H14ClNO4S/c1-24-12-8-7-11(15(10-12)25-2)9-14-20(23)26-19(22-14)18-17(21)13-5-3-4-6-16(13)27-18/h3-10H,1-2H3/b14-9+. The van der Waals surface area contributed by atoms with Gasteiger partial charge in [-0.05, 0) is 24.3 Å². The number of halogens is 1. The lowest BCUT2D eigenvalue weighted by Crippen LogP contribution is -2.04. The van der Waals surface area contributed by atoms with Gasteiger partial charge in [-0.1, -0.05) is 29.8 Å². The van der Waals surface area contributed by atoms with Crippen molar-refractivity contribution in [1.82, 2.24) is 0 Å². The highest BCUT2D eigenvalue weighted by Crippen LogP contribution is 2.37. The Morgan fingerprint density at radius 1 is 1.15 bits per heavy atom. The van der Waals surface area contributed by atoms with Gasteiger partial charge in [0.15, 0.2) is 5.70 Å². The number of aliphatic imine (C=N–C) groups is 1. The molecular formula is C20H14ClNO4S. The van der Waals surface area contributed by atoms with Gasteiger partial charge in [0.25, 0.3) is 0 Å². The Bertz CT molecular complexity index is 1120. The van der Waals surface area contributed by atoms with Gasteiger partial charge in [0, 0.05) is 21.7 Å². The molecule has 1 aromatic heterocycles. The maximum Gasteiger partial charge on any atom is 0.363 e. The molecule has 0 saturated heterocycles. The lowest BCUT2D eigenvalue weighted by Gasteiger charge is -2.07. The summed E-state index contributed by atoms with van der Waals surface area (Å²) in [6.45, 7) is 0. The van der Waals surface area contributed by atoms with E-state index in [-0.39, 0.29) is 11.6 Å². The smallest absolute Gasteiger partial charge is 0.363 e. The number of rotatable bonds is 4. The van der Waals surface area contributed by atoms with E-state index in [0.29, 0.717) is 27.0 Å². The number of cyclic esters (lactones) is 1. The molecule has 0 radical (unpaired) electrons. The fourth-order valence-electron chi connectivity index (χ4n) is 2.74. The van der Waals surface area contributed by atoms with Crippen LogP contribution in [0.15, 0.2) is 53.2 Å². The molecule has 0 fully saturated rings. The van der Waals surface area contributed by atoms with Gasteiger partial charge in [-0.25, -0.2) is 9.79 Å². The monoisotopic (exact) mass is 399 g/mol. The van der Waals surface area contributed by atoms with Crippen LogP contribution in [0.2, 0.25) is 5.02 Å². The van der Waals surface area contributed by atoms with Crippen LogP contribution >= 0.6 is 22.9 Å². The lowest BCUT2D eigenvalue weighted by molar-refractivity contribution is -0.129. The molecule has 5 nitrogen and oxygen atoms in total. The average Bonchev–Trinajstić information content (AvgIpc) is 3.22. The van der Waals surface area contributed by atoms with Crippen LogP contribution in [0.5, 0.6) is 11.5 Å². The number of methoxy groups -OCH3 is 2. The molecule has 7 heteroatoms. The van der Waals surface area contributed by atoms with Gasteiger partial charge in [-0.3, -0.25) is 0 Å². The summed E-state index contributed by atoms with van der Waals surface area (Å²) in [4.78, 5) is 17.3. The van der Waals surface area contributed by atoms with Crippen LogP contribution in [0.3, 0.4) is 0 Å². The van der Waals surface area contributed by atoms with E-state index in [4.69, 9.17) is 25.8 Å². The van der Waals surface area contributed by atoms with Crippen molar-refractivity contribution in [3.05, 3.63) is 63.6 Å². The third-order valence-corrected chi connectivity index (χ3v) is 5.75. The Balaban J connectivity index is 1.75. The molecule has 0 saturated carbocycles. The molecule has 0 N–H and O–H groups in total. The van der Waals surface area contributed by atoms with Crippen LogP contribution in [0.4, 0.5) is 0 Å². The third-order valence-electron chi connectivity index (χ3n) is 4.08. The van der Waals surface area contributed by atoms with Crippen molar-refractivity contribution in [2.24, 2.45) is 4.99 Å². The fraction of sp³-hybridized carbons (Fsp3) is 0.100. The van der Waals surface area contributed by atoms with Crippen LogP contribution < -0.4 is 9.47 Å². The van der Waals surface area contributed by atoms with Gasteiger partial charge >= 0.3 is 5.97 Å². The van der Waals surface area contributed by atoms with Crippen molar-refractivity contribution in [3.8, 4) is 11.5 Å². The van der Waals surface area contributed by atoms with Crippen LogP contribution in [0.1, 0.15) is 10.4 Å². The number of benzene rings is 2. The molecule has 0 unspecified atom stereocenters. The van der Waals surface area contributed by atoms with Gasteiger partial charge in [-0.15, -0.1) is 11.3 Å². The van der Waals surface area contributed by atoms with Crippen molar-refractivity contribution >= 4 is 51.0 Å². The predicted octanol–water partition coefficient (Wildman–Crippen LogP) is 4.92. The minimum atomic E-state index is -0.531. The molecule has 1 aliphatic heterocycles. The van der Waals surface area contributed by atoms with Crippen molar-refractivity contribution in [2.75, 3.05) is 14.2 Å². The van der Waals surface area contributed by atoms with Crippen LogP contribution in [-0.2, 0) is 9.53 Å². The molecule has 4 rings (SSSR count). The predicted molar refractivity (Wildman–Crippen MR) is 107 cm³/mol. The van der Waals surface area contributed by atoms with E-state index < -0.39 is 5.97 Å². The Morgan fingerprint density at radius 3 is 2.70 bits per heavy atom. The van der Waals surface area contributed by atoms with E-state index >= 15 is 0 Å². The second-order valence-electron chi connectivity index (χ2n) is 5.69. The van der Waals surface area contributed by atoms with Gasteiger partial charge in [0.1, 0.15) is 16.4 Å². The molecule has 3 aromatic rings. The van der Waals surface area contributed by atoms with Gasteiger partial charge in [-0.2, -0.15) is 0 Å². The van der Waals surface area contributed by atoms with Crippen molar-refractivity contribution in [3.63, 3.8) is 0 Å². The highest BCUT2D eigenvalue weighted by molar-refractivity contribution is 7.21. The second-order valence-corrected chi connectivity index (χ2v) is 7.12.